The summed E-state index contributed by atoms with van der Waals surface area (Å²) in [7, 11) is 0. The van der Waals surface area contributed by atoms with Crippen LogP contribution in [0.25, 0.3) is 6.08 Å². The van der Waals surface area contributed by atoms with E-state index in [4.69, 9.17) is 9.47 Å². The molecule has 178 valence electrons. The van der Waals surface area contributed by atoms with Crippen LogP contribution in [-0.4, -0.2) is 13.2 Å². The number of hydrogen-bond donors (Lipinski definition) is 0. The van der Waals surface area contributed by atoms with Gasteiger partial charge in [0.1, 0.15) is 11.5 Å². The van der Waals surface area contributed by atoms with E-state index in [9.17, 15) is 0 Å². The minimum atomic E-state index is 0.641. The Bertz CT molecular complexity index is 638. The van der Waals surface area contributed by atoms with E-state index >= 15 is 0 Å². The molecule has 0 amide bonds. The van der Waals surface area contributed by atoms with Crippen molar-refractivity contribution in [2.75, 3.05) is 13.2 Å². The summed E-state index contributed by atoms with van der Waals surface area (Å²) in [5.74, 6) is 3.20. The van der Waals surface area contributed by atoms with Gasteiger partial charge in [0.2, 0.25) is 0 Å². The molecule has 0 saturated carbocycles. The Labute approximate surface area is 194 Å². The van der Waals surface area contributed by atoms with Crippen LogP contribution in [0.3, 0.4) is 0 Å². The van der Waals surface area contributed by atoms with Crippen LogP contribution >= 0.6 is 0 Å². The molecule has 1 aromatic carbocycles. The van der Waals surface area contributed by atoms with Crippen molar-refractivity contribution in [3.05, 3.63) is 41.0 Å². The molecule has 0 heterocycles. The normalized spacial score (nSPS) is 11.8. The van der Waals surface area contributed by atoms with Crippen molar-refractivity contribution >= 4 is 6.08 Å². The summed E-state index contributed by atoms with van der Waals surface area (Å²) in [5.41, 5.74) is 3.54. The highest BCUT2D eigenvalue weighted by atomic mass is 16.5. The molecule has 1 aromatic rings. The third-order valence-electron chi connectivity index (χ3n) is 5.01. The second-order valence-corrected chi connectivity index (χ2v) is 8.99. The first-order valence-electron chi connectivity index (χ1n) is 12.6. The van der Waals surface area contributed by atoms with Crippen LogP contribution in [0.2, 0.25) is 0 Å². The smallest absolute Gasteiger partial charge is 0.127 e. The van der Waals surface area contributed by atoms with E-state index in [2.05, 4.69) is 78.8 Å². The highest BCUT2D eigenvalue weighted by Gasteiger charge is 2.09. The highest BCUT2D eigenvalue weighted by Crippen LogP contribution is 2.30. The van der Waals surface area contributed by atoms with Crippen LogP contribution < -0.4 is 9.47 Å². The number of unbranched alkanes of at least 4 members (excludes halogenated alkanes) is 3. The molecule has 0 aliphatic rings. The van der Waals surface area contributed by atoms with Gasteiger partial charge in [-0.3, -0.25) is 0 Å². The summed E-state index contributed by atoms with van der Waals surface area (Å²) in [4.78, 5) is 0. The quantitative estimate of drug-likeness (QED) is 0.216. The number of aryl methyl sites for hydroxylation is 1. The maximum atomic E-state index is 6.15. The van der Waals surface area contributed by atoms with E-state index in [0.29, 0.717) is 11.8 Å². The minimum Gasteiger partial charge on any atom is -0.493 e. The Kier molecular flexibility index (Phi) is 16.9. The predicted molar refractivity (Wildman–Crippen MR) is 139 cm³/mol. The molecule has 0 aromatic heterocycles. The zero-order valence-electron chi connectivity index (χ0n) is 22.0. The van der Waals surface area contributed by atoms with Crippen LogP contribution in [0.15, 0.2) is 29.9 Å². The molecule has 0 unspecified atom stereocenters. The number of rotatable bonds is 14. The van der Waals surface area contributed by atoms with Crippen LogP contribution in [0, 0.1) is 18.8 Å². The van der Waals surface area contributed by atoms with Crippen LogP contribution in [0.1, 0.15) is 105 Å². The Hall–Kier alpha value is -1.70. The lowest BCUT2D eigenvalue weighted by Gasteiger charge is -2.16. The van der Waals surface area contributed by atoms with E-state index in [1.807, 2.05) is 13.8 Å². The molecule has 0 aliphatic heterocycles. The molecule has 0 radical (unpaired) electrons. The first kappa shape index (κ1) is 29.3. The summed E-state index contributed by atoms with van der Waals surface area (Å²) in [6.45, 7) is 20.9. The van der Waals surface area contributed by atoms with E-state index in [0.717, 1.165) is 55.1 Å². The first-order chi connectivity index (χ1) is 14.8. The van der Waals surface area contributed by atoms with Gasteiger partial charge in [0, 0.05) is 5.56 Å². The molecule has 1 rings (SSSR count). The predicted octanol–water partition coefficient (Wildman–Crippen LogP) is 9.41. The van der Waals surface area contributed by atoms with Gasteiger partial charge in [-0.25, -0.2) is 0 Å². The highest BCUT2D eigenvalue weighted by molar-refractivity contribution is 5.63. The SMILES string of the molecule is CC.CCCCC/C=C(C)\C=C\c1cc(OCCC(C)C)c(C)cc1OCCC(C)C. The maximum absolute atomic E-state index is 6.15. The van der Waals surface area contributed by atoms with E-state index in [1.54, 1.807) is 0 Å². The number of allylic oxidation sites excluding steroid dienone is 3. The summed E-state index contributed by atoms with van der Waals surface area (Å²) in [6.07, 6.45) is 13.8. The molecule has 0 aliphatic carbocycles. The fourth-order valence-corrected chi connectivity index (χ4v) is 2.91. The molecule has 2 heteroatoms. The van der Waals surface area contributed by atoms with Gasteiger partial charge >= 0.3 is 0 Å². The van der Waals surface area contributed by atoms with Gasteiger partial charge in [0.25, 0.3) is 0 Å². The van der Waals surface area contributed by atoms with E-state index in [1.165, 1.54) is 24.8 Å². The average Bonchev–Trinajstić information content (AvgIpc) is 2.72. The zero-order chi connectivity index (χ0) is 23.6. The summed E-state index contributed by atoms with van der Waals surface area (Å²) in [5, 5.41) is 0. The van der Waals surface area contributed by atoms with Crippen molar-refractivity contribution in [2.24, 2.45) is 11.8 Å². The fraction of sp³-hybridized carbons (Fsp3) is 0.655. The maximum Gasteiger partial charge on any atom is 0.127 e. The molecular formula is C29H50O2. The monoisotopic (exact) mass is 430 g/mol. The van der Waals surface area contributed by atoms with Gasteiger partial charge in [-0.15, -0.1) is 0 Å². The summed E-state index contributed by atoms with van der Waals surface area (Å²) < 4.78 is 12.2. The van der Waals surface area contributed by atoms with E-state index < -0.39 is 0 Å². The molecule has 0 N–H and O–H groups in total. The molecule has 2 nitrogen and oxygen atoms in total. The van der Waals surface area contributed by atoms with Crippen molar-refractivity contribution in [1.82, 2.24) is 0 Å². The Morgan fingerprint density at radius 3 is 2.03 bits per heavy atom. The van der Waals surface area contributed by atoms with Crippen molar-refractivity contribution in [2.45, 2.75) is 101 Å². The Morgan fingerprint density at radius 2 is 1.48 bits per heavy atom. The molecule has 0 spiro atoms. The summed E-state index contributed by atoms with van der Waals surface area (Å²) >= 11 is 0. The lowest BCUT2D eigenvalue weighted by Crippen LogP contribution is -2.05. The van der Waals surface area contributed by atoms with Crippen molar-refractivity contribution in [3.63, 3.8) is 0 Å². The lowest BCUT2D eigenvalue weighted by molar-refractivity contribution is 0.280. The minimum absolute atomic E-state index is 0.641. The molecule has 0 bridgehead atoms. The van der Waals surface area contributed by atoms with Crippen LogP contribution in [0.5, 0.6) is 11.5 Å². The number of ether oxygens (including phenoxy) is 2. The third-order valence-corrected chi connectivity index (χ3v) is 5.01. The van der Waals surface area contributed by atoms with Crippen molar-refractivity contribution in [1.29, 1.82) is 0 Å². The molecule has 0 atom stereocenters. The van der Waals surface area contributed by atoms with Gasteiger partial charge in [-0.1, -0.05) is 85.1 Å². The van der Waals surface area contributed by atoms with Crippen molar-refractivity contribution < 1.29 is 9.47 Å². The van der Waals surface area contributed by atoms with Crippen LogP contribution in [-0.2, 0) is 0 Å². The molecule has 0 saturated heterocycles. The third kappa shape index (κ3) is 14.1. The standard InChI is InChI=1S/C27H44O2.C2H6/c1-8-9-10-11-12-23(6)13-14-25-20-26(28-17-15-21(2)3)24(7)19-27(25)29-18-16-22(4)5;1-2/h12-14,19-22H,8-11,15-18H2,1-7H3;1-2H3/b14-13+,23-12-;. The first-order valence-corrected chi connectivity index (χ1v) is 12.6. The van der Waals surface area contributed by atoms with Gasteiger partial charge in [-0.05, 0) is 69.1 Å². The summed E-state index contributed by atoms with van der Waals surface area (Å²) in [6, 6.07) is 4.27. The second-order valence-electron chi connectivity index (χ2n) is 8.99. The van der Waals surface area contributed by atoms with Crippen molar-refractivity contribution in [3.8, 4) is 11.5 Å². The van der Waals surface area contributed by atoms with Gasteiger partial charge in [0.05, 0.1) is 13.2 Å². The topological polar surface area (TPSA) is 18.5 Å². The van der Waals surface area contributed by atoms with Crippen LogP contribution in [0.4, 0.5) is 0 Å². The molecule has 31 heavy (non-hydrogen) atoms. The van der Waals surface area contributed by atoms with Gasteiger partial charge < -0.3 is 9.47 Å². The zero-order valence-corrected chi connectivity index (χ0v) is 22.0. The van der Waals surface area contributed by atoms with E-state index in [-0.39, 0.29) is 0 Å². The molecule has 0 fully saturated rings. The Morgan fingerprint density at radius 1 is 0.903 bits per heavy atom. The Balaban J connectivity index is 0.00000436. The average molecular weight is 431 g/mol. The fourth-order valence-electron chi connectivity index (χ4n) is 2.91. The molecular weight excluding hydrogens is 380 g/mol. The second kappa shape index (κ2) is 17.9. The van der Waals surface area contributed by atoms with Gasteiger partial charge in [0.15, 0.2) is 0 Å². The lowest BCUT2D eigenvalue weighted by atomic mass is 10.1. The number of hydrogen-bond acceptors (Lipinski definition) is 2. The largest absolute Gasteiger partial charge is 0.493 e. The van der Waals surface area contributed by atoms with Gasteiger partial charge in [-0.2, -0.15) is 0 Å². The number of benzene rings is 1.